The molecule has 0 amide bonds. The zero-order chi connectivity index (χ0) is 28.9. The van der Waals surface area contributed by atoms with Crippen molar-refractivity contribution in [3.8, 4) is 11.3 Å². The summed E-state index contributed by atoms with van der Waals surface area (Å²) in [6.07, 6.45) is 11.9. The molecule has 1 heterocycles. The van der Waals surface area contributed by atoms with Gasteiger partial charge in [0.15, 0.2) is 5.78 Å². The summed E-state index contributed by atoms with van der Waals surface area (Å²) in [4.78, 5) is 16.7. The molecule has 2 fully saturated rings. The van der Waals surface area contributed by atoms with Gasteiger partial charge in [-0.25, -0.2) is 0 Å². The number of aromatic nitrogens is 1. The molecule has 41 heavy (non-hydrogen) atoms. The molecule has 2 bridgehead atoms. The van der Waals surface area contributed by atoms with E-state index in [0.29, 0.717) is 5.41 Å². The van der Waals surface area contributed by atoms with Crippen molar-refractivity contribution in [2.75, 3.05) is 0 Å². The zero-order valence-corrected chi connectivity index (χ0v) is 28.2. The van der Waals surface area contributed by atoms with Crippen LogP contribution in [0.25, 0.3) is 22.2 Å². The van der Waals surface area contributed by atoms with E-state index in [-0.39, 0.29) is 43.5 Å². The van der Waals surface area contributed by atoms with Crippen molar-refractivity contribution in [3.63, 3.8) is 0 Å². The number of aliphatic hydroxyl groups excluding tert-OH is 1. The Kier molecular flexibility index (Phi) is 11.9. The average Bonchev–Trinajstić information content (AvgIpc) is 3.56. The topological polar surface area (TPSA) is 50.2 Å². The molecule has 0 spiro atoms. The van der Waals surface area contributed by atoms with E-state index in [0.717, 1.165) is 48.4 Å². The van der Waals surface area contributed by atoms with Crippen LogP contribution in [0, 0.1) is 37.7 Å². The first-order valence-electron chi connectivity index (χ1n) is 15.6. The second-order valence-corrected chi connectivity index (χ2v) is 12.2. The number of allylic oxidation sites excluding steroid dienone is 2. The molecule has 2 saturated carbocycles. The van der Waals surface area contributed by atoms with Crippen LogP contribution in [-0.4, -0.2) is 15.9 Å². The zero-order valence-electron chi connectivity index (χ0n) is 25.9. The van der Waals surface area contributed by atoms with Gasteiger partial charge in [0.1, 0.15) is 0 Å². The smallest absolute Gasteiger partial charge is 0.162 e. The van der Waals surface area contributed by atoms with Crippen molar-refractivity contribution in [1.29, 1.82) is 0 Å². The number of ketones is 1. The molecular formula is C37H48IrNO2-. The molecule has 1 aromatic heterocycles. The van der Waals surface area contributed by atoms with Gasteiger partial charge >= 0.3 is 0 Å². The second kappa shape index (κ2) is 14.7. The predicted molar refractivity (Wildman–Crippen MR) is 168 cm³/mol. The van der Waals surface area contributed by atoms with E-state index in [1.165, 1.54) is 54.7 Å². The van der Waals surface area contributed by atoms with Crippen molar-refractivity contribution in [1.82, 2.24) is 4.98 Å². The van der Waals surface area contributed by atoms with Crippen LogP contribution in [0.15, 0.2) is 54.3 Å². The molecule has 2 aliphatic carbocycles. The molecule has 0 saturated heterocycles. The van der Waals surface area contributed by atoms with Crippen LogP contribution in [0.3, 0.4) is 0 Å². The van der Waals surface area contributed by atoms with Crippen LogP contribution in [0.4, 0.5) is 0 Å². The fourth-order valence-corrected chi connectivity index (χ4v) is 7.15. The van der Waals surface area contributed by atoms with Crippen LogP contribution in [0.2, 0.25) is 0 Å². The molecule has 1 radical (unpaired) electrons. The number of pyridine rings is 1. The molecule has 0 aliphatic heterocycles. The minimum absolute atomic E-state index is 0. The number of aryl methyl sites for hydroxylation is 2. The van der Waals surface area contributed by atoms with E-state index in [1.54, 1.807) is 5.56 Å². The minimum Gasteiger partial charge on any atom is -0.512 e. The van der Waals surface area contributed by atoms with Gasteiger partial charge in [0.25, 0.3) is 0 Å². The summed E-state index contributed by atoms with van der Waals surface area (Å²) in [6, 6.07) is 19.0. The van der Waals surface area contributed by atoms with E-state index >= 15 is 0 Å². The van der Waals surface area contributed by atoms with E-state index < -0.39 is 0 Å². The van der Waals surface area contributed by atoms with Crippen molar-refractivity contribution >= 4 is 16.7 Å². The Bertz CT molecular complexity index is 1320. The first kappa shape index (κ1) is 33.2. The maximum absolute atomic E-state index is 11.7. The molecule has 2 aliphatic rings. The number of fused-ring (bicyclic) bond motifs is 3. The summed E-state index contributed by atoms with van der Waals surface area (Å²) >= 11 is 0. The molecule has 0 unspecified atom stereocenters. The molecule has 223 valence electrons. The van der Waals surface area contributed by atoms with Gasteiger partial charge in [-0.15, -0.1) is 34.9 Å². The Morgan fingerprint density at radius 1 is 1.00 bits per heavy atom. The minimum atomic E-state index is 0. The van der Waals surface area contributed by atoms with Gasteiger partial charge in [0, 0.05) is 43.4 Å². The Morgan fingerprint density at radius 2 is 1.66 bits per heavy atom. The third kappa shape index (κ3) is 7.57. The molecular weight excluding hydrogens is 683 g/mol. The fourth-order valence-electron chi connectivity index (χ4n) is 7.15. The third-order valence-electron chi connectivity index (χ3n) is 9.55. The van der Waals surface area contributed by atoms with Gasteiger partial charge < -0.3 is 5.11 Å². The number of hydrogen-bond donors (Lipinski definition) is 1. The molecule has 0 atom stereocenters. The largest absolute Gasteiger partial charge is 0.512 e. The number of aliphatic hydroxyl groups is 1. The first-order chi connectivity index (χ1) is 19.2. The Balaban J connectivity index is 0.000000253. The summed E-state index contributed by atoms with van der Waals surface area (Å²) in [5.41, 5.74) is 7.69. The number of carbonyl (C=O) groups is 1. The van der Waals surface area contributed by atoms with Crippen LogP contribution in [-0.2, 0) is 30.3 Å². The number of carbonyl (C=O) groups excluding carboxylic acids is 1. The first-order valence-corrected chi connectivity index (χ1v) is 15.6. The summed E-state index contributed by atoms with van der Waals surface area (Å²) in [5.74, 6) is 1.51. The van der Waals surface area contributed by atoms with Gasteiger partial charge in [-0.05, 0) is 86.4 Å². The predicted octanol–water partition coefficient (Wildman–Crippen LogP) is 10.0. The Morgan fingerprint density at radius 3 is 2.22 bits per heavy atom. The quantitative estimate of drug-likeness (QED) is 0.136. The van der Waals surface area contributed by atoms with E-state index in [9.17, 15) is 9.90 Å². The molecule has 3 nitrogen and oxygen atoms in total. The number of rotatable bonds is 9. The van der Waals surface area contributed by atoms with Gasteiger partial charge in [0.05, 0.1) is 11.3 Å². The SMILES string of the molecule is CCC(CC)C(=O)/C=C(\O)C(CC)CC.Cc1[c-]c(-c2ccc3c(C45CCC(CC4)C5)cccc3n2)cc(C)c1.[Ir]. The maximum Gasteiger partial charge on any atom is 0.162 e. The van der Waals surface area contributed by atoms with E-state index in [2.05, 4.69) is 62.4 Å². The Hall–Kier alpha value is -2.29. The molecule has 4 heteroatoms. The number of hydrogen-bond acceptors (Lipinski definition) is 3. The van der Waals surface area contributed by atoms with Crippen molar-refractivity contribution in [2.45, 2.75) is 105 Å². The van der Waals surface area contributed by atoms with Gasteiger partial charge in [0.2, 0.25) is 0 Å². The molecule has 2 aromatic carbocycles. The fraction of sp³-hybridized carbons (Fsp3) is 0.514. The second-order valence-electron chi connectivity index (χ2n) is 12.2. The summed E-state index contributed by atoms with van der Waals surface area (Å²) in [6.45, 7) is 12.3. The maximum atomic E-state index is 11.7. The van der Waals surface area contributed by atoms with Crippen LogP contribution in [0.1, 0.15) is 102 Å². The normalized spacial score (nSPS) is 19.8. The Labute approximate surface area is 261 Å². The summed E-state index contributed by atoms with van der Waals surface area (Å²) in [5, 5.41) is 11.1. The molecule has 1 N–H and O–H groups in total. The van der Waals surface area contributed by atoms with Gasteiger partial charge in [-0.1, -0.05) is 65.8 Å². The molecule has 3 aromatic rings. The monoisotopic (exact) mass is 731 g/mol. The average molecular weight is 731 g/mol. The van der Waals surface area contributed by atoms with E-state index in [1.807, 2.05) is 27.7 Å². The van der Waals surface area contributed by atoms with Crippen LogP contribution >= 0.6 is 0 Å². The standard InChI is InChI=1S/C24H24N.C13H24O2.Ir/c1-16-12-17(2)14-19(13-16)22-7-6-20-21(4-3-5-23(20)25-22)24-10-8-18(15-24)9-11-24;1-5-10(6-2)12(14)9-13(15)11(7-3)8-4;/h3-7,12-13,18H,8-11,15H2,1-2H3;9-11,14H,5-8H2,1-4H3;/q-1;;/b;12-9-;. The third-order valence-corrected chi connectivity index (χ3v) is 9.55. The summed E-state index contributed by atoms with van der Waals surface area (Å²) < 4.78 is 0. The number of benzene rings is 2. The van der Waals surface area contributed by atoms with Crippen molar-refractivity contribution < 1.29 is 30.0 Å². The van der Waals surface area contributed by atoms with Gasteiger partial charge in [-0.3, -0.25) is 9.78 Å². The van der Waals surface area contributed by atoms with Crippen molar-refractivity contribution in [3.05, 3.63) is 77.1 Å². The van der Waals surface area contributed by atoms with Crippen molar-refractivity contribution in [2.24, 2.45) is 17.8 Å². The number of nitrogens with zero attached hydrogens (tertiary/aromatic N) is 1. The molecule has 5 rings (SSSR count). The summed E-state index contributed by atoms with van der Waals surface area (Å²) in [7, 11) is 0. The van der Waals surface area contributed by atoms with E-state index in [4.69, 9.17) is 4.98 Å². The van der Waals surface area contributed by atoms with Gasteiger partial charge in [-0.2, -0.15) is 0 Å². The van der Waals surface area contributed by atoms with Crippen LogP contribution in [0.5, 0.6) is 0 Å². The van der Waals surface area contributed by atoms with Crippen LogP contribution < -0.4 is 0 Å².